The number of nitrogens with zero attached hydrogens (tertiary/aromatic N) is 6. The van der Waals surface area contributed by atoms with Gasteiger partial charge in [-0.3, -0.25) is 0 Å². The molecule has 144 valence electrons. The molecular formula is C18H18N6O3S. The van der Waals surface area contributed by atoms with Gasteiger partial charge in [-0.2, -0.15) is 0 Å². The highest BCUT2D eigenvalue weighted by Crippen LogP contribution is 2.37. The van der Waals surface area contributed by atoms with Crippen molar-refractivity contribution in [3.05, 3.63) is 54.4 Å². The maximum absolute atomic E-state index is 6.06. The zero-order chi connectivity index (χ0) is 18.8. The molecule has 2 aliphatic rings. The second kappa shape index (κ2) is 7.92. The predicted octanol–water partition coefficient (Wildman–Crippen LogP) is 1.54. The Labute approximate surface area is 165 Å². The number of fused-ring (bicyclic) bond motifs is 1. The average Bonchev–Trinajstić information content (AvgIpc) is 3.45. The second-order valence-electron chi connectivity index (χ2n) is 6.54. The van der Waals surface area contributed by atoms with Crippen molar-refractivity contribution in [2.45, 2.75) is 41.3 Å². The van der Waals surface area contributed by atoms with E-state index in [4.69, 9.17) is 14.2 Å². The van der Waals surface area contributed by atoms with E-state index in [0.717, 1.165) is 5.56 Å². The summed E-state index contributed by atoms with van der Waals surface area (Å²) in [7, 11) is 0. The number of hydrogen-bond donors (Lipinski definition) is 0. The van der Waals surface area contributed by atoms with Gasteiger partial charge in [-0.15, -0.1) is 5.10 Å². The third-order valence-electron chi connectivity index (χ3n) is 4.79. The zero-order valence-corrected chi connectivity index (χ0v) is 15.7. The molecular weight excluding hydrogens is 380 g/mol. The van der Waals surface area contributed by atoms with Crippen LogP contribution in [0.3, 0.4) is 0 Å². The molecule has 0 radical (unpaired) electrons. The van der Waals surface area contributed by atoms with Gasteiger partial charge < -0.3 is 14.2 Å². The second-order valence-corrected chi connectivity index (χ2v) is 7.47. The summed E-state index contributed by atoms with van der Waals surface area (Å²) in [6, 6.07) is 11.7. The van der Waals surface area contributed by atoms with E-state index < -0.39 is 0 Å². The molecule has 0 spiro atoms. The molecule has 9 nitrogen and oxygen atoms in total. The Kier molecular flexibility index (Phi) is 5.00. The molecule has 0 N–H and O–H groups in total. The lowest BCUT2D eigenvalue weighted by Gasteiger charge is -2.17. The van der Waals surface area contributed by atoms with Crippen LogP contribution in [0.4, 0.5) is 0 Å². The van der Waals surface area contributed by atoms with Gasteiger partial charge in [-0.25, -0.2) is 14.6 Å². The Bertz CT molecular complexity index is 912. The Morgan fingerprint density at radius 1 is 1.04 bits per heavy atom. The van der Waals surface area contributed by atoms with Crippen LogP contribution >= 0.6 is 11.8 Å². The minimum Gasteiger partial charge on any atom is -0.370 e. The number of aromatic nitrogens is 6. The van der Waals surface area contributed by atoms with Crippen molar-refractivity contribution in [1.82, 2.24) is 30.2 Å². The fourth-order valence-electron chi connectivity index (χ4n) is 3.45. The molecule has 10 heteroatoms. The van der Waals surface area contributed by atoms with Gasteiger partial charge in [0, 0.05) is 12.4 Å². The maximum atomic E-state index is 6.06. The Morgan fingerprint density at radius 3 is 2.71 bits per heavy atom. The van der Waals surface area contributed by atoms with Crippen LogP contribution in [0.5, 0.6) is 0 Å². The minimum atomic E-state index is -0.152. The first-order valence-electron chi connectivity index (χ1n) is 9.00. The molecule has 2 unspecified atom stereocenters. The van der Waals surface area contributed by atoms with Crippen LogP contribution in [0.25, 0.3) is 0 Å². The lowest BCUT2D eigenvalue weighted by Crippen LogP contribution is -2.32. The summed E-state index contributed by atoms with van der Waals surface area (Å²) in [6.07, 6.45) is 2.98. The molecule has 2 aromatic heterocycles. The van der Waals surface area contributed by atoms with Crippen LogP contribution in [0, 0.1) is 0 Å². The molecule has 28 heavy (non-hydrogen) atoms. The topological polar surface area (TPSA) is 97.1 Å². The van der Waals surface area contributed by atoms with Crippen LogP contribution in [0.2, 0.25) is 0 Å². The SMILES string of the molecule is c1ccc(CO[C@@H]2COC3C2OC[C@@H]3n2nnnc2Sc2ncccn2)cc1. The highest BCUT2D eigenvalue weighted by atomic mass is 32.2. The fourth-order valence-corrected chi connectivity index (χ4v) is 4.19. The molecule has 2 fully saturated rings. The average molecular weight is 398 g/mol. The smallest absolute Gasteiger partial charge is 0.217 e. The summed E-state index contributed by atoms with van der Waals surface area (Å²) in [5, 5.41) is 13.3. The van der Waals surface area contributed by atoms with Gasteiger partial charge in [-0.1, -0.05) is 30.3 Å². The Hall–Kier alpha value is -2.40. The van der Waals surface area contributed by atoms with Crippen molar-refractivity contribution in [1.29, 1.82) is 0 Å². The van der Waals surface area contributed by atoms with Gasteiger partial charge in [0.05, 0.1) is 19.8 Å². The Balaban J connectivity index is 1.26. The lowest BCUT2D eigenvalue weighted by atomic mass is 10.1. The highest BCUT2D eigenvalue weighted by molar-refractivity contribution is 7.99. The van der Waals surface area contributed by atoms with Crippen molar-refractivity contribution in [3.63, 3.8) is 0 Å². The van der Waals surface area contributed by atoms with Crippen molar-refractivity contribution in [2.24, 2.45) is 0 Å². The van der Waals surface area contributed by atoms with Gasteiger partial charge in [0.1, 0.15) is 24.4 Å². The molecule has 0 amide bonds. The monoisotopic (exact) mass is 398 g/mol. The highest BCUT2D eigenvalue weighted by Gasteiger charge is 2.50. The predicted molar refractivity (Wildman–Crippen MR) is 97.5 cm³/mol. The molecule has 1 aromatic carbocycles. The van der Waals surface area contributed by atoms with Crippen molar-refractivity contribution < 1.29 is 14.2 Å². The molecule has 5 rings (SSSR count). The van der Waals surface area contributed by atoms with Crippen LogP contribution in [-0.2, 0) is 20.8 Å². The van der Waals surface area contributed by atoms with Gasteiger partial charge in [0.15, 0.2) is 5.16 Å². The zero-order valence-electron chi connectivity index (χ0n) is 14.9. The normalized spacial score (nSPS) is 26.4. The van der Waals surface area contributed by atoms with E-state index in [0.29, 0.717) is 30.1 Å². The molecule has 4 atom stereocenters. The third-order valence-corrected chi connectivity index (χ3v) is 5.63. The van der Waals surface area contributed by atoms with E-state index in [1.165, 1.54) is 11.8 Å². The molecule has 0 saturated carbocycles. The molecule has 4 heterocycles. The van der Waals surface area contributed by atoms with Crippen LogP contribution in [-0.4, -0.2) is 61.7 Å². The van der Waals surface area contributed by atoms with Crippen molar-refractivity contribution >= 4 is 11.8 Å². The molecule has 2 saturated heterocycles. The Morgan fingerprint density at radius 2 is 1.86 bits per heavy atom. The van der Waals surface area contributed by atoms with E-state index in [9.17, 15) is 0 Å². The van der Waals surface area contributed by atoms with Gasteiger partial charge in [0.2, 0.25) is 5.16 Å². The van der Waals surface area contributed by atoms with E-state index in [1.807, 2.05) is 30.3 Å². The van der Waals surface area contributed by atoms with Crippen molar-refractivity contribution in [3.8, 4) is 0 Å². The number of ether oxygens (including phenoxy) is 3. The number of tetrazole rings is 1. The van der Waals surface area contributed by atoms with Crippen LogP contribution in [0.1, 0.15) is 11.6 Å². The fraction of sp³-hybridized carbons (Fsp3) is 0.389. The number of hydrogen-bond acceptors (Lipinski definition) is 9. The molecule has 2 aliphatic heterocycles. The van der Waals surface area contributed by atoms with Crippen LogP contribution < -0.4 is 0 Å². The standard InChI is InChI=1S/C18H18N6O3S/c1-2-5-12(6-3-1)9-25-14-11-27-15-13(10-26-16(14)15)24-18(21-22-23-24)28-17-19-7-4-8-20-17/h1-8,13-16H,9-11H2/t13-,14+,15?,16?/m0/s1. The quantitative estimate of drug-likeness (QED) is 0.573. The summed E-state index contributed by atoms with van der Waals surface area (Å²) in [5.74, 6) is 0. The first kappa shape index (κ1) is 17.7. The summed E-state index contributed by atoms with van der Waals surface area (Å²) in [5.41, 5.74) is 1.13. The van der Waals surface area contributed by atoms with E-state index in [1.54, 1.807) is 23.1 Å². The number of benzene rings is 1. The van der Waals surface area contributed by atoms with Gasteiger partial charge in [-0.05, 0) is 33.8 Å². The van der Waals surface area contributed by atoms with Gasteiger partial charge in [0.25, 0.3) is 0 Å². The maximum Gasteiger partial charge on any atom is 0.217 e. The van der Waals surface area contributed by atoms with E-state index >= 15 is 0 Å². The van der Waals surface area contributed by atoms with Crippen LogP contribution in [0.15, 0.2) is 59.1 Å². The molecule has 0 aliphatic carbocycles. The van der Waals surface area contributed by atoms with E-state index in [2.05, 4.69) is 25.5 Å². The summed E-state index contributed by atoms with van der Waals surface area (Å²) in [4.78, 5) is 8.43. The first-order chi connectivity index (χ1) is 13.9. The summed E-state index contributed by atoms with van der Waals surface area (Å²) < 4.78 is 19.8. The largest absolute Gasteiger partial charge is 0.370 e. The minimum absolute atomic E-state index is 0.111. The molecule has 3 aromatic rings. The summed E-state index contributed by atoms with van der Waals surface area (Å²) >= 11 is 1.31. The number of rotatable bonds is 6. The third kappa shape index (κ3) is 3.51. The van der Waals surface area contributed by atoms with Crippen molar-refractivity contribution in [2.75, 3.05) is 13.2 Å². The van der Waals surface area contributed by atoms with E-state index in [-0.39, 0.29) is 24.4 Å². The summed E-state index contributed by atoms with van der Waals surface area (Å²) in [6.45, 7) is 1.49. The first-order valence-corrected chi connectivity index (χ1v) is 9.81. The lowest BCUT2D eigenvalue weighted by molar-refractivity contribution is -0.0401. The van der Waals surface area contributed by atoms with Gasteiger partial charge >= 0.3 is 0 Å². The molecule has 0 bridgehead atoms.